The van der Waals surface area contributed by atoms with Crippen LogP contribution in [0.2, 0.25) is 10.0 Å². The molecular formula is C22H24Cl2F2N2O4. The maximum Gasteiger partial charge on any atom is 0.184 e. The smallest absolute Gasteiger partial charge is 0.184 e. The first kappa shape index (κ1) is 24.7. The molecule has 2 aromatic carbocycles. The van der Waals surface area contributed by atoms with Gasteiger partial charge in [-0.15, -0.1) is 0 Å². The van der Waals surface area contributed by atoms with Crippen molar-refractivity contribution in [3.8, 4) is 11.5 Å². The number of hydrogen-bond acceptors (Lipinski definition) is 6. The van der Waals surface area contributed by atoms with Crippen molar-refractivity contribution in [1.82, 2.24) is 9.80 Å². The summed E-state index contributed by atoms with van der Waals surface area (Å²) in [4.78, 5) is 16.2. The molecule has 0 saturated carbocycles. The van der Waals surface area contributed by atoms with E-state index in [-0.39, 0.29) is 41.3 Å². The first-order valence-corrected chi connectivity index (χ1v) is 10.9. The van der Waals surface area contributed by atoms with E-state index in [4.69, 9.17) is 32.7 Å². The minimum atomic E-state index is -0.741. The summed E-state index contributed by atoms with van der Waals surface area (Å²) in [6, 6.07) is 8.16. The zero-order valence-corrected chi connectivity index (χ0v) is 18.8. The topological polar surface area (TPSA) is 62.2 Å². The summed E-state index contributed by atoms with van der Waals surface area (Å²) in [6.07, 6.45) is -0.741. The van der Waals surface area contributed by atoms with Gasteiger partial charge in [-0.2, -0.15) is 0 Å². The lowest BCUT2D eigenvalue weighted by atomic mass is 10.2. The second-order valence-electron chi connectivity index (χ2n) is 7.52. The number of carbonyl (C=O) groups is 1. The lowest BCUT2D eigenvalue weighted by Gasteiger charge is -2.35. The van der Waals surface area contributed by atoms with Crippen molar-refractivity contribution in [1.29, 1.82) is 0 Å². The summed E-state index contributed by atoms with van der Waals surface area (Å²) < 4.78 is 37.6. The van der Waals surface area contributed by atoms with Gasteiger partial charge in [0.15, 0.2) is 5.78 Å². The zero-order valence-electron chi connectivity index (χ0n) is 17.3. The molecule has 0 radical (unpaired) electrons. The third-order valence-corrected chi connectivity index (χ3v) is 5.57. The highest BCUT2D eigenvalue weighted by molar-refractivity contribution is 6.31. The van der Waals surface area contributed by atoms with Gasteiger partial charge in [-0.25, -0.2) is 8.78 Å². The average molecular weight is 489 g/mol. The number of piperazine rings is 1. The van der Waals surface area contributed by atoms with Crippen molar-refractivity contribution < 1.29 is 28.2 Å². The normalized spacial score (nSPS) is 16.0. The molecule has 0 spiro atoms. The molecular weight excluding hydrogens is 465 g/mol. The second kappa shape index (κ2) is 11.8. The average Bonchev–Trinajstić information content (AvgIpc) is 2.77. The Balaban J connectivity index is 1.33. The Labute approximate surface area is 195 Å². The van der Waals surface area contributed by atoms with E-state index >= 15 is 0 Å². The highest BCUT2D eigenvalue weighted by Crippen LogP contribution is 2.21. The van der Waals surface area contributed by atoms with E-state index in [0.717, 1.165) is 6.07 Å². The molecule has 2 aromatic rings. The highest BCUT2D eigenvalue weighted by Gasteiger charge is 2.21. The van der Waals surface area contributed by atoms with Gasteiger partial charge in [0.1, 0.15) is 42.5 Å². The van der Waals surface area contributed by atoms with Gasteiger partial charge in [-0.1, -0.05) is 23.2 Å². The van der Waals surface area contributed by atoms with Crippen molar-refractivity contribution in [3.05, 3.63) is 58.1 Å². The molecule has 1 aliphatic heterocycles. The quantitative estimate of drug-likeness (QED) is 0.553. The summed E-state index contributed by atoms with van der Waals surface area (Å²) in [5.74, 6) is -0.728. The molecule has 0 aromatic heterocycles. The van der Waals surface area contributed by atoms with Crippen LogP contribution in [0.1, 0.15) is 0 Å². The van der Waals surface area contributed by atoms with E-state index < -0.39 is 17.7 Å². The van der Waals surface area contributed by atoms with E-state index in [9.17, 15) is 18.7 Å². The fourth-order valence-electron chi connectivity index (χ4n) is 3.27. The van der Waals surface area contributed by atoms with Gasteiger partial charge in [-0.05, 0) is 24.3 Å². The predicted octanol–water partition coefficient (Wildman–Crippen LogP) is 3.28. The SMILES string of the molecule is O=C(COc1ccc(Cl)c(F)c1)CN1CCN(CC(O)COc2ccc(Cl)c(F)c2)CC1. The molecule has 1 heterocycles. The summed E-state index contributed by atoms with van der Waals surface area (Å²) in [6.45, 7) is 3.22. The number of rotatable bonds is 10. The van der Waals surface area contributed by atoms with Crippen LogP contribution in [0.4, 0.5) is 8.78 Å². The molecule has 3 rings (SSSR count). The van der Waals surface area contributed by atoms with E-state index in [1.807, 2.05) is 4.90 Å². The number of β-amino-alcohol motifs (C(OH)–C–C–N with tert-alkyl or cyclic N) is 1. The molecule has 32 heavy (non-hydrogen) atoms. The molecule has 6 nitrogen and oxygen atoms in total. The number of ketones is 1. The maximum atomic E-state index is 13.4. The van der Waals surface area contributed by atoms with Gasteiger partial charge in [0.05, 0.1) is 16.6 Å². The van der Waals surface area contributed by atoms with Crippen LogP contribution in [0.5, 0.6) is 11.5 Å². The molecule has 10 heteroatoms. The summed E-state index contributed by atoms with van der Waals surface area (Å²) in [7, 11) is 0. The summed E-state index contributed by atoms with van der Waals surface area (Å²) >= 11 is 11.3. The first-order valence-electron chi connectivity index (χ1n) is 10.1. The summed E-state index contributed by atoms with van der Waals surface area (Å²) in [5, 5.41) is 10.2. The van der Waals surface area contributed by atoms with Crippen LogP contribution in [0, 0.1) is 11.6 Å². The van der Waals surface area contributed by atoms with Crippen LogP contribution in [-0.2, 0) is 4.79 Å². The molecule has 0 amide bonds. The first-order chi connectivity index (χ1) is 15.3. The number of Topliss-reactive ketones (excluding diaryl/α,β-unsaturated/α-hetero) is 1. The monoisotopic (exact) mass is 488 g/mol. The number of aliphatic hydroxyl groups excluding tert-OH is 1. The van der Waals surface area contributed by atoms with E-state index in [2.05, 4.69) is 4.90 Å². The number of hydrogen-bond donors (Lipinski definition) is 1. The molecule has 1 aliphatic rings. The Morgan fingerprint density at radius 2 is 1.47 bits per heavy atom. The predicted molar refractivity (Wildman–Crippen MR) is 118 cm³/mol. The third kappa shape index (κ3) is 7.56. The Kier molecular flexibility index (Phi) is 9.07. The van der Waals surface area contributed by atoms with Crippen molar-refractivity contribution in [2.45, 2.75) is 6.10 Å². The molecule has 0 bridgehead atoms. The fourth-order valence-corrected chi connectivity index (χ4v) is 3.50. The minimum absolute atomic E-state index is 0.00268. The van der Waals surface area contributed by atoms with Crippen molar-refractivity contribution in [2.75, 3.05) is 52.5 Å². The maximum absolute atomic E-state index is 13.4. The van der Waals surface area contributed by atoms with E-state index in [1.54, 1.807) is 6.07 Å². The van der Waals surface area contributed by atoms with Crippen LogP contribution in [0.15, 0.2) is 36.4 Å². The standard InChI is InChI=1S/C22H24Cl2F2N2O4/c23-19-3-1-17(9-21(19)25)31-13-15(29)11-27-5-7-28(8-6-27)12-16(30)14-32-18-2-4-20(24)22(26)10-18/h1-4,9-10,15,29H,5-8,11-14H2. The number of aliphatic hydroxyl groups is 1. The minimum Gasteiger partial charge on any atom is -0.491 e. The lowest BCUT2D eigenvalue weighted by Crippen LogP contribution is -2.50. The van der Waals surface area contributed by atoms with Crippen LogP contribution in [-0.4, -0.2) is 79.3 Å². The molecule has 1 unspecified atom stereocenters. The van der Waals surface area contributed by atoms with Gasteiger partial charge in [0.2, 0.25) is 0 Å². The molecule has 174 valence electrons. The highest BCUT2D eigenvalue weighted by atomic mass is 35.5. The Morgan fingerprint density at radius 1 is 0.938 bits per heavy atom. The summed E-state index contributed by atoms with van der Waals surface area (Å²) in [5.41, 5.74) is 0. The van der Waals surface area contributed by atoms with Crippen molar-refractivity contribution in [2.24, 2.45) is 0 Å². The molecule has 1 fully saturated rings. The van der Waals surface area contributed by atoms with Crippen LogP contribution < -0.4 is 9.47 Å². The molecule has 1 saturated heterocycles. The molecule has 1 N–H and O–H groups in total. The fraction of sp³-hybridized carbons (Fsp3) is 0.409. The number of ether oxygens (including phenoxy) is 2. The zero-order chi connectivity index (χ0) is 23.1. The Morgan fingerprint density at radius 3 is 2.03 bits per heavy atom. The number of carbonyl (C=O) groups excluding carboxylic acids is 1. The van der Waals surface area contributed by atoms with Gasteiger partial charge in [0, 0.05) is 44.9 Å². The van der Waals surface area contributed by atoms with Crippen molar-refractivity contribution >= 4 is 29.0 Å². The van der Waals surface area contributed by atoms with Crippen LogP contribution >= 0.6 is 23.2 Å². The Hall–Kier alpha value is -1.97. The second-order valence-corrected chi connectivity index (χ2v) is 8.34. The van der Waals surface area contributed by atoms with Gasteiger partial charge < -0.3 is 14.6 Å². The van der Waals surface area contributed by atoms with Gasteiger partial charge >= 0.3 is 0 Å². The van der Waals surface area contributed by atoms with Crippen LogP contribution in [0.3, 0.4) is 0 Å². The number of nitrogens with zero attached hydrogens (tertiary/aromatic N) is 2. The van der Waals surface area contributed by atoms with Gasteiger partial charge in [0.25, 0.3) is 0 Å². The third-order valence-electron chi connectivity index (χ3n) is 4.96. The number of halogens is 4. The van der Waals surface area contributed by atoms with Crippen molar-refractivity contribution in [3.63, 3.8) is 0 Å². The van der Waals surface area contributed by atoms with E-state index in [0.29, 0.717) is 38.5 Å². The largest absolute Gasteiger partial charge is 0.491 e. The molecule has 0 aliphatic carbocycles. The lowest BCUT2D eigenvalue weighted by molar-refractivity contribution is -0.122. The van der Waals surface area contributed by atoms with Gasteiger partial charge in [-0.3, -0.25) is 14.6 Å². The number of benzene rings is 2. The Bertz CT molecular complexity index is 927. The van der Waals surface area contributed by atoms with E-state index in [1.165, 1.54) is 24.3 Å². The molecule has 1 atom stereocenters. The van der Waals surface area contributed by atoms with Crippen LogP contribution in [0.25, 0.3) is 0 Å².